The number of hydrogen-bond donors (Lipinski definition) is 2. The number of nitrogens with one attached hydrogen (secondary N) is 1. The number of hydrogen-bond acceptors (Lipinski definition) is 4. The number of halogens is 2. The zero-order valence-corrected chi connectivity index (χ0v) is 20.7. The van der Waals surface area contributed by atoms with Gasteiger partial charge in [0.2, 0.25) is 0 Å². The topological polar surface area (TPSA) is 99.6 Å². The van der Waals surface area contributed by atoms with E-state index < -0.39 is 17.9 Å². The van der Waals surface area contributed by atoms with Crippen molar-refractivity contribution < 1.29 is 19.5 Å². The second-order valence-electron chi connectivity index (χ2n) is 8.31. The maximum Gasteiger partial charge on any atom is 0.326 e. The number of carboxylic acids is 1. The van der Waals surface area contributed by atoms with Gasteiger partial charge >= 0.3 is 5.97 Å². The molecule has 0 saturated carbocycles. The Hall–Kier alpha value is -3.68. The van der Waals surface area contributed by atoms with Crippen LogP contribution in [0.4, 0.5) is 0 Å². The number of carboxylic acid groups (broad SMARTS) is 1. The Labute approximate surface area is 218 Å². The number of amides is 2. The summed E-state index contributed by atoms with van der Waals surface area (Å²) in [7, 11) is 0. The molecule has 0 bridgehead atoms. The van der Waals surface area contributed by atoms with Crippen LogP contribution in [-0.2, 0) is 11.2 Å². The van der Waals surface area contributed by atoms with Gasteiger partial charge in [-0.3, -0.25) is 14.6 Å². The number of pyridine rings is 1. The van der Waals surface area contributed by atoms with Gasteiger partial charge in [0, 0.05) is 25.7 Å². The first-order valence-electron chi connectivity index (χ1n) is 11.3. The quantitative estimate of drug-likeness (QED) is 0.465. The Bertz CT molecular complexity index is 1290. The molecule has 4 rings (SSSR count). The van der Waals surface area contributed by atoms with Gasteiger partial charge in [0.15, 0.2) is 0 Å². The third kappa shape index (κ3) is 5.93. The summed E-state index contributed by atoms with van der Waals surface area (Å²) in [4.78, 5) is 42.9. The molecule has 1 aliphatic rings. The number of nitrogens with zero attached hydrogens (tertiary/aromatic N) is 2. The van der Waals surface area contributed by atoms with Crippen molar-refractivity contribution in [3.63, 3.8) is 0 Å². The lowest BCUT2D eigenvalue weighted by Gasteiger charge is -2.26. The first kappa shape index (κ1) is 25.4. The molecule has 0 unspecified atom stereocenters. The molecule has 3 aromatic rings. The van der Waals surface area contributed by atoms with Gasteiger partial charge in [-0.25, -0.2) is 4.79 Å². The molecule has 1 aromatic heterocycles. The second kappa shape index (κ2) is 11.4. The molecule has 0 radical (unpaired) electrons. The minimum absolute atomic E-state index is 0.0437. The molecule has 7 nitrogen and oxygen atoms in total. The van der Waals surface area contributed by atoms with Crippen LogP contribution in [0, 0.1) is 0 Å². The third-order valence-electron chi connectivity index (χ3n) is 5.94. The van der Waals surface area contributed by atoms with Crippen molar-refractivity contribution in [2.45, 2.75) is 18.9 Å². The first-order chi connectivity index (χ1) is 17.3. The smallest absolute Gasteiger partial charge is 0.326 e. The zero-order chi connectivity index (χ0) is 25.7. The number of aliphatic carboxylic acids is 1. The highest BCUT2D eigenvalue weighted by Crippen LogP contribution is 2.25. The highest BCUT2D eigenvalue weighted by molar-refractivity contribution is 6.39. The second-order valence-corrected chi connectivity index (χ2v) is 9.12. The molecule has 2 aromatic carbocycles. The maximum absolute atomic E-state index is 12.6. The average molecular weight is 524 g/mol. The average Bonchev–Trinajstić information content (AvgIpc) is 2.89. The minimum atomic E-state index is -1.16. The number of carbonyl (C=O) groups excluding carboxylic acids is 2. The summed E-state index contributed by atoms with van der Waals surface area (Å²) in [5.74, 6) is -1.91. The Morgan fingerprint density at radius 3 is 2.31 bits per heavy atom. The highest BCUT2D eigenvalue weighted by atomic mass is 35.5. The van der Waals surface area contributed by atoms with Crippen LogP contribution >= 0.6 is 23.2 Å². The van der Waals surface area contributed by atoms with Gasteiger partial charge in [-0.2, -0.15) is 0 Å². The molecule has 0 spiro atoms. The molecule has 2 N–H and O–H groups in total. The molecule has 184 valence electrons. The molecular weight excluding hydrogens is 501 g/mol. The van der Waals surface area contributed by atoms with E-state index in [1.807, 2.05) is 30.3 Å². The third-order valence-corrected chi connectivity index (χ3v) is 6.57. The predicted molar refractivity (Wildman–Crippen MR) is 138 cm³/mol. The lowest BCUT2D eigenvalue weighted by Crippen LogP contribution is -2.42. The predicted octanol–water partition coefficient (Wildman–Crippen LogP) is 4.74. The van der Waals surface area contributed by atoms with Crippen molar-refractivity contribution >= 4 is 46.6 Å². The van der Waals surface area contributed by atoms with Crippen molar-refractivity contribution in [1.29, 1.82) is 0 Å². The zero-order valence-electron chi connectivity index (χ0n) is 19.2. The monoisotopic (exact) mass is 523 g/mol. The normalized spacial score (nSPS) is 14.1. The van der Waals surface area contributed by atoms with Crippen LogP contribution in [0.5, 0.6) is 0 Å². The largest absolute Gasteiger partial charge is 0.480 e. The molecule has 0 saturated heterocycles. The fourth-order valence-corrected chi connectivity index (χ4v) is 4.57. The van der Waals surface area contributed by atoms with Gasteiger partial charge in [0.1, 0.15) is 11.7 Å². The lowest BCUT2D eigenvalue weighted by molar-refractivity contribution is -0.139. The van der Waals surface area contributed by atoms with E-state index in [0.717, 1.165) is 16.7 Å². The molecule has 0 aliphatic carbocycles. The van der Waals surface area contributed by atoms with Gasteiger partial charge in [0.25, 0.3) is 11.8 Å². The Morgan fingerprint density at radius 1 is 1.00 bits per heavy atom. The number of rotatable bonds is 7. The van der Waals surface area contributed by atoms with Crippen LogP contribution in [0.2, 0.25) is 10.0 Å². The van der Waals surface area contributed by atoms with E-state index in [4.69, 9.17) is 23.2 Å². The standard InChI is InChI=1S/C27H23Cl2N3O4/c28-20-4-3-5-21(29)24(20)25(33)31-23(27(35)36)16-17-7-9-18(10-8-17)19-11-14-32(15-12-19)26(34)22-6-1-2-13-30-22/h1-11,13,23H,12,14-16H2,(H,31,33)(H,35,36)/t23-/m0/s1. The minimum Gasteiger partial charge on any atom is -0.480 e. The summed E-state index contributed by atoms with van der Waals surface area (Å²) >= 11 is 12.1. The molecular formula is C27H23Cl2N3O4. The van der Waals surface area contributed by atoms with Crippen LogP contribution in [0.25, 0.3) is 5.57 Å². The maximum atomic E-state index is 12.6. The first-order valence-corrected chi connectivity index (χ1v) is 12.1. The van der Waals surface area contributed by atoms with Crippen molar-refractivity contribution in [2.75, 3.05) is 13.1 Å². The highest BCUT2D eigenvalue weighted by Gasteiger charge is 2.24. The van der Waals surface area contributed by atoms with E-state index in [9.17, 15) is 19.5 Å². The molecule has 9 heteroatoms. The number of aromatic nitrogens is 1. The fraction of sp³-hybridized carbons (Fsp3) is 0.185. The summed E-state index contributed by atoms with van der Waals surface area (Å²) in [5, 5.41) is 12.5. The summed E-state index contributed by atoms with van der Waals surface area (Å²) in [5.41, 5.74) is 3.34. The van der Waals surface area contributed by atoms with E-state index >= 15 is 0 Å². The molecule has 1 atom stereocenters. The van der Waals surface area contributed by atoms with Gasteiger partial charge in [0.05, 0.1) is 15.6 Å². The summed E-state index contributed by atoms with van der Waals surface area (Å²) in [6.07, 6.45) is 4.42. The number of carbonyl (C=O) groups is 3. The lowest BCUT2D eigenvalue weighted by atomic mass is 9.96. The fourth-order valence-electron chi connectivity index (χ4n) is 4.00. The van der Waals surface area contributed by atoms with Gasteiger partial charge < -0.3 is 15.3 Å². The van der Waals surface area contributed by atoms with E-state index in [0.29, 0.717) is 25.2 Å². The van der Waals surface area contributed by atoms with Crippen molar-refractivity contribution in [3.05, 3.63) is 105 Å². The van der Waals surface area contributed by atoms with Crippen molar-refractivity contribution in [1.82, 2.24) is 15.2 Å². The number of benzene rings is 2. The van der Waals surface area contributed by atoms with Crippen LogP contribution < -0.4 is 5.32 Å². The van der Waals surface area contributed by atoms with E-state index in [-0.39, 0.29) is 27.9 Å². The summed E-state index contributed by atoms with van der Waals surface area (Å²) < 4.78 is 0. The SMILES string of the molecule is O=C(N[C@@H](Cc1ccc(C2=CCN(C(=O)c3ccccn3)CC2)cc1)C(=O)O)c1c(Cl)cccc1Cl. The molecule has 1 aliphatic heterocycles. The van der Waals surface area contributed by atoms with E-state index in [2.05, 4.69) is 10.3 Å². The molecule has 2 amide bonds. The van der Waals surface area contributed by atoms with Crippen molar-refractivity contribution in [3.8, 4) is 0 Å². The van der Waals surface area contributed by atoms with Gasteiger partial charge in [-0.05, 0) is 47.4 Å². The van der Waals surface area contributed by atoms with Crippen LogP contribution in [0.15, 0.2) is 72.9 Å². The van der Waals surface area contributed by atoms with Crippen LogP contribution in [0.1, 0.15) is 38.4 Å². The summed E-state index contributed by atoms with van der Waals surface area (Å²) in [6.45, 7) is 1.07. The van der Waals surface area contributed by atoms with Crippen LogP contribution in [0.3, 0.4) is 0 Å². The Balaban J connectivity index is 1.40. The Kier molecular flexibility index (Phi) is 8.03. The van der Waals surface area contributed by atoms with E-state index in [1.165, 1.54) is 12.1 Å². The summed E-state index contributed by atoms with van der Waals surface area (Å²) in [6, 6.07) is 16.3. The Morgan fingerprint density at radius 2 is 1.72 bits per heavy atom. The van der Waals surface area contributed by atoms with E-state index in [1.54, 1.807) is 35.4 Å². The van der Waals surface area contributed by atoms with Gasteiger partial charge in [-0.1, -0.05) is 65.7 Å². The molecule has 2 heterocycles. The van der Waals surface area contributed by atoms with Gasteiger partial charge in [-0.15, -0.1) is 0 Å². The van der Waals surface area contributed by atoms with Crippen LogP contribution in [-0.4, -0.2) is 51.9 Å². The van der Waals surface area contributed by atoms with Crippen molar-refractivity contribution in [2.24, 2.45) is 0 Å². The molecule has 0 fully saturated rings. The molecule has 36 heavy (non-hydrogen) atoms.